The van der Waals surface area contributed by atoms with Gasteiger partial charge in [-0.15, -0.1) is 11.3 Å². The van der Waals surface area contributed by atoms with E-state index in [-0.39, 0.29) is 36.9 Å². The number of halogens is 6. The van der Waals surface area contributed by atoms with Crippen LogP contribution < -0.4 is 15.5 Å². The number of thiophene rings is 1. The predicted octanol–water partition coefficient (Wildman–Crippen LogP) is 5.13. The summed E-state index contributed by atoms with van der Waals surface area (Å²) in [6.07, 6.45) is -7.79. The highest BCUT2D eigenvalue weighted by atomic mass is 35.5. The lowest BCUT2D eigenvalue weighted by Gasteiger charge is -2.35. The molecule has 2 heterocycles. The molecule has 0 saturated carbocycles. The maximum atomic E-state index is 14.1. The lowest BCUT2D eigenvalue weighted by atomic mass is 9.95. The van der Waals surface area contributed by atoms with Gasteiger partial charge >= 0.3 is 6.18 Å². The molecule has 15 heteroatoms. The van der Waals surface area contributed by atoms with Gasteiger partial charge in [-0.3, -0.25) is 19.3 Å². The molecule has 1 fully saturated rings. The standard InChI is InChI=1S/C26H30ClF5N4O4S/c1-25(2,3)14-35(12-21(28)29)18(11-33-24(39)19-6-7-20(27)41-19)23(38)34-17-5-4-15(10-16(17)26(30,31)32)36-8-9-40-13-22(36)37/h4-7,10,18,21H,8-9,11-14H2,1-3H3,(H,33,39)(H,34,38)/t18-/m0/s1. The Morgan fingerprint density at radius 1 is 1.17 bits per heavy atom. The second-order valence-corrected chi connectivity index (χ2v) is 12.2. The van der Waals surface area contributed by atoms with Gasteiger partial charge in [-0.2, -0.15) is 13.2 Å². The Morgan fingerprint density at radius 2 is 1.88 bits per heavy atom. The van der Waals surface area contributed by atoms with Crippen molar-refractivity contribution in [2.75, 3.05) is 49.6 Å². The van der Waals surface area contributed by atoms with Gasteiger partial charge in [0.15, 0.2) is 0 Å². The minimum atomic E-state index is -4.93. The maximum absolute atomic E-state index is 14.1. The van der Waals surface area contributed by atoms with Crippen molar-refractivity contribution in [1.29, 1.82) is 0 Å². The summed E-state index contributed by atoms with van der Waals surface area (Å²) < 4.78 is 74.8. The number of carbonyl (C=O) groups is 3. The van der Waals surface area contributed by atoms with E-state index in [1.165, 1.54) is 18.2 Å². The van der Waals surface area contributed by atoms with E-state index in [2.05, 4.69) is 10.6 Å². The molecular formula is C26H30ClF5N4O4S. The van der Waals surface area contributed by atoms with Crippen molar-refractivity contribution in [2.24, 2.45) is 5.41 Å². The fourth-order valence-corrected chi connectivity index (χ4v) is 5.20. The van der Waals surface area contributed by atoms with Crippen molar-refractivity contribution in [2.45, 2.75) is 39.4 Å². The van der Waals surface area contributed by atoms with Crippen molar-refractivity contribution < 1.29 is 41.1 Å². The Hall–Kier alpha value is -2.81. The number of nitrogens with zero attached hydrogens (tertiary/aromatic N) is 2. The van der Waals surface area contributed by atoms with Crippen molar-refractivity contribution >= 4 is 52.0 Å². The summed E-state index contributed by atoms with van der Waals surface area (Å²) in [5, 5.41) is 4.73. The van der Waals surface area contributed by atoms with Crippen LogP contribution in [0.1, 0.15) is 36.0 Å². The van der Waals surface area contributed by atoms with Gasteiger partial charge < -0.3 is 20.3 Å². The van der Waals surface area contributed by atoms with Crippen LogP contribution in [0.2, 0.25) is 4.34 Å². The second kappa shape index (κ2) is 13.4. The number of rotatable bonds is 10. The Bertz CT molecular complexity index is 1250. The number of carbonyl (C=O) groups excluding carboxylic acids is 3. The lowest BCUT2D eigenvalue weighted by molar-refractivity contribution is -0.137. The molecule has 2 N–H and O–H groups in total. The Labute approximate surface area is 242 Å². The van der Waals surface area contributed by atoms with Crippen LogP contribution in [-0.2, 0) is 20.5 Å². The third-order valence-electron chi connectivity index (χ3n) is 5.91. The minimum Gasteiger partial charge on any atom is -0.370 e. The summed E-state index contributed by atoms with van der Waals surface area (Å²) in [7, 11) is 0. The maximum Gasteiger partial charge on any atom is 0.418 e. The van der Waals surface area contributed by atoms with Crippen LogP contribution >= 0.6 is 22.9 Å². The van der Waals surface area contributed by atoms with E-state index in [1.807, 2.05) is 0 Å². The molecule has 0 bridgehead atoms. The highest BCUT2D eigenvalue weighted by Gasteiger charge is 2.37. The van der Waals surface area contributed by atoms with Gasteiger partial charge in [0.05, 0.1) is 33.6 Å². The first kappa shape index (κ1) is 32.7. The van der Waals surface area contributed by atoms with Gasteiger partial charge in [0.1, 0.15) is 12.6 Å². The fourth-order valence-electron chi connectivity index (χ4n) is 4.24. The summed E-state index contributed by atoms with van der Waals surface area (Å²) in [6.45, 7) is 3.81. The molecule has 1 aromatic carbocycles. The van der Waals surface area contributed by atoms with Crippen molar-refractivity contribution in [3.8, 4) is 0 Å². The first-order valence-corrected chi connectivity index (χ1v) is 13.7. The number of hydrogen-bond acceptors (Lipinski definition) is 6. The van der Waals surface area contributed by atoms with Gasteiger partial charge in [0, 0.05) is 25.3 Å². The van der Waals surface area contributed by atoms with Crippen LogP contribution in [0.4, 0.5) is 33.3 Å². The number of ether oxygens (including phenoxy) is 1. The third-order valence-corrected chi connectivity index (χ3v) is 7.14. The number of morpholine rings is 1. The predicted molar refractivity (Wildman–Crippen MR) is 146 cm³/mol. The van der Waals surface area contributed by atoms with Crippen molar-refractivity contribution in [3.05, 3.63) is 45.1 Å². The van der Waals surface area contributed by atoms with Gasteiger partial charge in [0.25, 0.3) is 18.2 Å². The zero-order chi connectivity index (χ0) is 30.5. The van der Waals surface area contributed by atoms with Gasteiger partial charge in [-0.25, -0.2) is 8.78 Å². The van der Waals surface area contributed by atoms with Gasteiger partial charge in [-0.1, -0.05) is 32.4 Å². The number of hydrogen-bond donors (Lipinski definition) is 2. The molecular weight excluding hydrogens is 595 g/mol. The van der Waals surface area contributed by atoms with Crippen molar-refractivity contribution in [3.63, 3.8) is 0 Å². The lowest BCUT2D eigenvalue weighted by Crippen LogP contribution is -2.54. The summed E-state index contributed by atoms with van der Waals surface area (Å²) in [5.74, 6) is -2.17. The van der Waals surface area contributed by atoms with Crippen LogP contribution in [-0.4, -0.2) is 74.5 Å². The number of nitrogens with one attached hydrogen (secondary N) is 2. The first-order valence-electron chi connectivity index (χ1n) is 12.5. The van der Waals surface area contributed by atoms with Gasteiger partial charge in [0.2, 0.25) is 5.91 Å². The molecule has 0 radical (unpaired) electrons. The Kier molecular flexibility index (Phi) is 10.7. The average molecular weight is 625 g/mol. The molecule has 1 aliphatic rings. The Balaban J connectivity index is 1.93. The minimum absolute atomic E-state index is 0.0274. The molecule has 1 saturated heterocycles. The number of benzene rings is 1. The van der Waals surface area contributed by atoms with E-state index >= 15 is 0 Å². The summed E-state index contributed by atoms with van der Waals surface area (Å²) >= 11 is 6.84. The molecule has 0 unspecified atom stereocenters. The molecule has 2 aromatic rings. The molecule has 41 heavy (non-hydrogen) atoms. The monoisotopic (exact) mass is 624 g/mol. The zero-order valence-electron chi connectivity index (χ0n) is 22.5. The highest BCUT2D eigenvalue weighted by Crippen LogP contribution is 2.38. The largest absolute Gasteiger partial charge is 0.418 e. The second-order valence-electron chi connectivity index (χ2n) is 10.5. The van der Waals surface area contributed by atoms with Crippen LogP contribution in [0, 0.1) is 5.41 Å². The van der Waals surface area contributed by atoms with E-state index in [1.54, 1.807) is 20.8 Å². The number of alkyl halides is 5. The number of anilines is 2. The van der Waals surface area contributed by atoms with E-state index in [0.29, 0.717) is 4.34 Å². The molecule has 1 atom stereocenters. The van der Waals surface area contributed by atoms with Crippen LogP contribution in [0.25, 0.3) is 0 Å². The molecule has 226 valence electrons. The zero-order valence-corrected chi connectivity index (χ0v) is 24.1. The van der Waals surface area contributed by atoms with E-state index in [4.69, 9.17) is 16.3 Å². The van der Waals surface area contributed by atoms with Gasteiger partial charge in [-0.05, 0) is 35.7 Å². The normalized spacial score (nSPS) is 15.4. The first-order chi connectivity index (χ1) is 19.0. The van der Waals surface area contributed by atoms with Crippen LogP contribution in [0.3, 0.4) is 0 Å². The quantitative estimate of drug-likeness (QED) is 0.358. The summed E-state index contributed by atoms with van der Waals surface area (Å²) in [6, 6.07) is 4.47. The number of amides is 3. The molecule has 1 aliphatic heterocycles. The molecule has 0 spiro atoms. The topological polar surface area (TPSA) is 91.0 Å². The molecule has 3 rings (SSSR count). The average Bonchev–Trinajstić information content (AvgIpc) is 3.29. The summed E-state index contributed by atoms with van der Waals surface area (Å²) in [5.41, 5.74) is -2.47. The summed E-state index contributed by atoms with van der Waals surface area (Å²) in [4.78, 5) is 40.7. The SMILES string of the molecule is CC(C)(C)CN(CC(F)F)[C@@H](CNC(=O)c1ccc(Cl)s1)C(=O)Nc1ccc(N2CCOCC2=O)cc1C(F)(F)F. The van der Waals surface area contributed by atoms with E-state index < -0.39 is 66.1 Å². The highest BCUT2D eigenvalue weighted by molar-refractivity contribution is 7.18. The van der Waals surface area contributed by atoms with Crippen molar-refractivity contribution in [1.82, 2.24) is 10.2 Å². The van der Waals surface area contributed by atoms with Crippen LogP contribution in [0.15, 0.2) is 30.3 Å². The molecule has 3 amide bonds. The molecule has 0 aliphatic carbocycles. The van der Waals surface area contributed by atoms with E-state index in [9.17, 15) is 36.3 Å². The fraction of sp³-hybridized carbons (Fsp3) is 0.500. The van der Waals surface area contributed by atoms with Crippen LogP contribution in [0.5, 0.6) is 0 Å². The molecule has 1 aromatic heterocycles. The Morgan fingerprint density at radius 3 is 2.44 bits per heavy atom. The van der Waals surface area contributed by atoms with E-state index in [0.717, 1.165) is 33.3 Å². The molecule has 8 nitrogen and oxygen atoms in total. The smallest absolute Gasteiger partial charge is 0.370 e. The third kappa shape index (κ3) is 9.35.